The van der Waals surface area contributed by atoms with E-state index in [1.165, 1.54) is 0 Å². The molecule has 0 spiro atoms. The van der Waals surface area contributed by atoms with E-state index in [9.17, 15) is 9.90 Å². The molecule has 0 saturated carbocycles. The van der Waals surface area contributed by atoms with Gasteiger partial charge in [0, 0.05) is 5.41 Å². The summed E-state index contributed by atoms with van der Waals surface area (Å²) in [7, 11) is -2.13. The van der Waals surface area contributed by atoms with E-state index < -0.39 is 8.32 Å². The lowest BCUT2D eigenvalue weighted by molar-refractivity contribution is -0.00877. The summed E-state index contributed by atoms with van der Waals surface area (Å²) >= 11 is 0. The molecular formula is C16H36O3Si. The molecular weight excluding hydrogens is 268 g/mol. The third kappa shape index (κ3) is 7.20. The zero-order chi connectivity index (χ0) is 16.2. The molecule has 3 nitrogen and oxygen atoms in total. The van der Waals surface area contributed by atoms with E-state index in [-0.39, 0.29) is 22.5 Å². The summed E-state index contributed by atoms with van der Waals surface area (Å²) in [6.45, 7) is 18.2. The zero-order valence-electron chi connectivity index (χ0n) is 14.8. The molecule has 0 rings (SSSR count). The summed E-state index contributed by atoms with van der Waals surface area (Å²) in [4.78, 5) is 10.3. The van der Waals surface area contributed by atoms with Crippen molar-refractivity contribution in [1.82, 2.24) is 0 Å². The van der Waals surface area contributed by atoms with Crippen LogP contribution in [0.1, 0.15) is 54.4 Å². The Labute approximate surface area is 126 Å². The Hall–Kier alpha value is 0.0969. The fraction of sp³-hybridized carbons (Fsp3) is 1.00. The number of rotatable bonds is 9. The predicted molar refractivity (Wildman–Crippen MR) is 88.4 cm³/mol. The van der Waals surface area contributed by atoms with Crippen molar-refractivity contribution in [3.05, 3.63) is 0 Å². The molecule has 0 radical (unpaired) electrons. The van der Waals surface area contributed by atoms with E-state index in [0.717, 1.165) is 12.8 Å². The Bertz CT molecular complexity index is 291. The van der Waals surface area contributed by atoms with Gasteiger partial charge in [-0.2, -0.15) is 0 Å². The van der Waals surface area contributed by atoms with Gasteiger partial charge >= 0.3 is 0 Å². The van der Waals surface area contributed by atoms with E-state index in [0.29, 0.717) is 13.2 Å². The molecule has 0 atom stereocenters. The van der Waals surface area contributed by atoms with Crippen LogP contribution in [0.15, 0.2) is 0 Å². The fourth-order valence-corrected chi connectivity index (χ4v) is 2.42. The lowest BCUT2D eigenvalue weighted by Crippen LogP contribution is -2.40. The molecule has 0 aliphatic carbocycles. The first kappa shape index (κ1) is 20.1. The monoisotopic (exact) mass is 304 g/mol. The second kappa shape index (κ2) is 6.90. The minimum atomic E-state index is -2.13. The first-order valence-electron chi connectivity index (χ1n) is 7.63. The van der Waals surface area contributed by atoms with E-state index in [1.807, 2.05) is 26.9 Å². The first-order chi connectivity index (χ1) is 8.72. The molecule has 0 heterocycles. The maximum Gasteiger partial charge on any atom is 0.188 e. The molecule has 0 amide bonds. The van der Waals surface area contributed by atoms with Crippen LogP contribution in [-0.4, -0.2) is 38.0 Å². The van der Waals surface area contributed by atoms with Crippen molar-refractivity contribution < 1.29 is 14.6 Å². The van der Waals surface area contributed by atoms with Gasteiger partial charge < -0.3 is 14.6 Å². The minimum Gasteiger partial charge on any atom is -0.432 e. The van der Waals surface area contributed by atoms with Gasteiger partial charge in [0.2, 0.25) is 0 Å². The zero-order valence-corrected chi connectivity index (χ0v) is 15.8. The Morgan fingerprint density at radius 2 is 1.30 bits per heavy atom. The quantitative estimate of drug-likeness (QED) is 0.637. The highest BCUT2D eigenvalue weighted by atomic mass is 28.4. The molecule has 2 N–H and O–H groups in total. The Kier molecular flexibility index (Phi) is 6.94. The highest BCUT2D eigenvalue weighted by Gasteiger charge is 2.38. The molecule has 0 bridgehead atoms. The van der Waals surface area contributed by atoms with Crippen LogP contribution in [0.5, 0.6) is 0 Å². The summed E-state index contributed by atoms with van der Waals surface area (Å²) in [5.41, 5.74) is -0.0716. The maximum absolute atomic E-state index is 10.3. The fourth-order valence-electron chi connectivity index (χ4n) is 1.68. The second-order valence-electron chi connectivity index (χ2n) is 8.92. The van der Waals surface area contributed by atoms with Crippen LogP contribution in [0.3, 0.4) is 0 Å². The van der Waals surface area contributed by atoms with Crippen LogP contribution in [0, 0.1) is 10.8 Å². The lowest BCUT2D eigenvalue weighted by Gasteiger charge is -2.38. The standard InChI is InChI=1S/C16H36O3Si/c1-14(2,12-19-13-15(3,4)11-17)9-10-16(5,6)20(7,8)18/h17-18H,9-13H2,1-8H3. The number of aliphatic hydroxyl groups is 1. The summed E-state index contributed by atoms with van der Waals surface area (Å²) in [6.07, 6.45) is 2.05. The molecule has 0 aliphatic rings. The number of aliphatic hydroxyl groups excluding tert-OH is 1. The summed E-state index contributed by atoms with van der Waals surface area (Å²) < 4.78 is 5.79. The van der Waals surface area contributed by atoms with E-state index >= 15 is 0 Å². The van der Waals surface area contributed by atoms with E-state index in [2.05, 4.69) is 27.7 Å². The summed E-state index contributed by atoms with van der Waals surface area (Å²) in [5.74, 6) is 0. The van der Waals surface area contributed by atoms with E-state index in [1.54, 1.807) is 0 Å². The molecule has 0 saturated heterocycles. The summed E-state index contributed by atoms with van der Waals surface area (Å²) in [6, 6.07) is 0. The van der Waals surface area contributed by atoms with Crippen LogP contribution >= 0.6 is 0 Å². The Morgan fingerprint density at radius 1 is 0.850 bits per heavy atom. The molecule has 0 unspecified atom stereocenters. The van der Waals surface area contributed by atoms with Crippen LogP contribution in [0.4, 0.5) is 0 Å². The van der Waals surface area contributed by atoms with Gasteiger partial charge in [-0.3, -0.25) is 0 Å². The summed E-state index contributed by atoms with van der Waals surface area (Å²) in [5, 5.41) is 9.24. The minimum absolute atomic E-state index is 0.0225. The van der Waals surface area contributed by atoms with Gasteiger partial charge in [-0.25, -0.2) is 0 Å². The number of ether oxygens (including phenoxy) is 1. The highest BCUT2D eigenvalue weighted by Crippen LogP contribution is 2.42. The van der Waals surface area contributed by atoms with Crippen molar-refractivity contribution >= 4 is 8.32 Å². The van der Waals surface area contributed by atoms with Gasteiger partial charge in [0.1, 0.15) is 0 Å². The van der Waals surface area contributed by atoms with Gasteiger partial charge in [0.05, 0.1) is 19.8 Å². The number of hydrogen-bond donors (Lipinski definition) is 2. The maximum atomic E-state index is 10.3. The average Bonchev–Trinajstić information content (AvgIpc) is 2.25. The van der Waals surface area contributed by atoms with Gasteiger partial charge in [0.15, 0.2) is 8.32 Å². The SMILES string of the molecule is CC(C)(CO)COCC(C)(C)CCC(C)(C)[Si](C)(C)O. The second-order valence-corrected chi connectivity index (χ2v) is 13.4. The van der Waals surface area contributed by atoms with Gasteiger partial charge in [-0.15, -0.1) is 0 Å². The normalized spacial score (nSPS) is 14.7. The van der Waals surface area contributed by atoms with E-state index in [4.69, 9.17) is 4.74 Å². The van der Waals surface area contributed by atoms with Gasteiger partial charge in [-0.05, 0) is 36.4 Å². The molecule has 0 fully saturated rings. The Morgan fingerprint density at radius 3 is 1.70 bits per heavy atom. The van der Waals surface area contributed by atoms with Crippen molar-refractivity contribution in [3.8, 4) is 0 Å². The lowest BCUT2D eigenvalue weighted by atomic mass is 9.85. The van der Waals surface area contributed by atoms with Crippen LogP contribution in [-0.2, 0) is 4.74 Å². The third-order valence-corrected chi connectivity index (χ3v) is 8.06. The average molecular weight is 305 g/mol. The largest absolute Gasteiger partial charge is 0.432 e. The molecule has 20 heavy (non-hydrogen) atoms. The van der Waals surface area contributed by atoms with Crippen molar-refractivity contribution in [2.24, 2.45) is 10.8 Å². The molecule has 122 valence electrons. The van der Waals surface area contributed by atoms with Crippen molar-refractivity contribution in [1.29, 1.82) is 0 Å². The van der Waals surface area contributed by atoms with Crippen LogP contribution in [0.2, 0.25) is 18.1 Å². The van der Waals surface area contributed by atoms with Crippen molar-refractivity contribution in [3.63, 3.8) is 0 Å². The molecule has 0 aromatic heterocycles. The topological polar surface area (TPSA) is 49.7 Å². The number of hydrogen-bond acceptors (Lipinski definition) is 3. The molecule has 0 aromatic rings. The Balaban J connectivity index is 4.27. The molecule has 4 heteroatoms. The van der Waals surface area contributed by atoms with Gasteiger partial charge in [-0.1, -0.05) is 41.5 Å². The van der Waals surface area contributed by atoms with Crippen LogP contribution < -0.4 is 0 Å². The highest BCUT2D eigenvalue weighted by molar-refractivity contribution is 6.72. The van der Waals surface area contributed by atoms with Crippen LogP contribution in [0.25, 0.3) is 0 Å². The van der Waals surface area contributed by atoms with Crippen molar-refractivity contribution in [2.75, 3.05) is 19.8 Å². The van der Waals surface area contributed by atoms with Crippen molar-refractivity contribution in [2.45, 2.75) is 72.5 Å². The third-order valence-electron chi connectivity index (χ3n) is 4.50. The predicted octanol–water partition coefficient (Wildman–Crippen LogP) is 3.81. The smallest absolute Gasteiger partial charge is 0.188 e. The first-order valence-corrected chi connectivity index (χ1v) is 10.6. The molecule has 0 aromatic carbocycles. The molecule has 0 aliphatic heterocycles. The van der Waals surface area contributed by atoms with Gasteiger partial charge in [0.25, 0.3) is 0 Å².